The summed E-state index contributed by atoms with van der Waals surface area (Å²) < 4.78 is 0. The molecule has 0 saturated carbocycles. The molecule has 5 nitrogen and oxygen atoms in total. The van der Waals surface area contributed by atoms with Gasteiger partial charge in [0.15, 0.2) is 0 Å². The molecule has 1 aliphatic heterocycles. The molecular weight excluding hydrogens is 280 g/mol. The van der Waals surface area contributed by atoms with E-state index in [0.29, 0.717) is 24.4 Å². The zero-order chi connectivity index (χ0) is 16.3. The van der Waals surface area contributed by atoms with Gasteiger partial charge in [-0.25, -0.2) is 0 Å². The van der Waals surface area contributed by atoms with Crippen LogP contribution in [0.1, 0.15) is 54.1 Å². The van der Waals surface area contributed by atoms with Crippen LogP contribution >= 0.6 is 0 Å². The average molecular weight is 302 g/mol. The van der Waals surface area contributed by atoms with Crippen molar-refractivity contribution in [2.24, 2.45) is 0 Å². The average Bonchev–Trinajstić information content (AvgIpc) is 2.85. The highest BCUT2D eigenvalue weighted by Gasteiger charge is 2.34. The fraction of sp³-hybridized carbons (Fsp3) is 0.471. The summed E-state index contributed by atoms with van der Waals surface area (Å²) in [5.41, 5.74) is 2.83. The zero-order valence-electron chi connectivity index (χ0n) is 13.3. The number of hydrogen-bond acceptors (Lipinski definition) is 3. The standard InChI is InChI=1S/C17H22N2O3/c1-11(2)13-5-4-6-14-15(13)9-19(17(14)22)12(10-20)7-8-16(21)18-3/h4-6,10-12H,7-9H2,1-3H3,(H,18,21). The highest BCUT2D eigenvalue weighted by Crippen LogP contribution is 2.31. The first kappa shape index (κ1) is 16.2. The maximum atomic E-state index is 12.6. The van der Waals surface area contributed by atoms with E-state index in [9.17, 15) is 14.4 Å². The van der Waals surface area contributed by atoms with E-state index in [1.807, 2.05) is 18.2 Å². The molecule has 0 aromatic heterocycles. The van der Waals surface area contributed by atoms with Gasteiger partial charge < -0.3 is 15.0 Å². The van der Waals surface area contributed by atoms with Crippen molar-refractivity contribution in [2.45, 2.75) is 45.2 Å². The molecule has 0 bridgehead atoms. The lowest BCUT2D eigenvalue weighted by Gasteiger charge is -2.23. The minimum absolute atomic E-state index is 0.119. The number of fused-ring (bicyclic) bond motifs is 1. The monoisotopic (exact) mass is 302 g/mol. The van der Waals surface area contributed by atoms with E-state index in [1.54, 1.807) is 11.9 Å². The van der Waals surface area contributed by atoms with Crippen LogP contribution in [0, 0.1) is 0 Å². The number of amides is 2. The second-order valence-corrected chi connectivity index (χ2v) is 5.88. The molecule has 0 fully saturated rings. The molecule has 1 N–H and O–H groups in total. The Balaban J connectivity index is 2.21. The van der Waals surface area contributed by atoms with Crippen molar-refractivity contribution in [3.05, 3.63) is 34.9 Å². The minimum Gasteiger partial charge on any atom is -0.359 e. The van der Waals surface area contributed by atoms with Gasteiger partial charge in [-0.1, -0.05) is 26.0 Å². The second kappa shape index (κ2) is 6.73. The third-order valence-electron chi connectivity index (χ3n) is 4.16. The predicted molar refractivity (Wildman–Crippen MR) is 83.6 cm³/mol. The van der Waals surface area contributed by atoms with Gasteiger partial charge in [-0.3, -0.25) is 9.59 Å². The number of hydrogen-bond donors (Lipinski definition) is 1. The molecule has 0 saturated heterocycles. The van der Waals surface area contributed by atoms with Crippen LogP contribution < -0.4 is 5.32 Å². The predicted octanol–water partition coefficient (Wildman–Crippen LogP) is 1.86. The first-order valence-electron chi connectivity index (χ1n) is 7.58. The summed E-state index contributed by atoms with van der Waals surface area (Å²) in [5, 5.41) is 2.53. The third kappa shape index (κ3) is 3.03. The van der Waals surface area contributed by atoms with E-state index in [1.165, 1.54) is 0 Å². The Kier molecular flexibility index (Phi) is 4.96. The van der Waals surface area contributed by atoms with Crippen molar-refractivity contribution in [1.82, 2.24) is 10.2 Å². The van der Waals surface area contributed by atoms with Crippen LogP contribution in [-0.2, 0) is 16.1 Å². The quantitative estimate of drug-likeness (QED) is 0.816. The number of nitrogens with one attached hydrogen (secondary N) is 1. The lowest BCUT2D eigenvalue weighted by molar-refractivity contribution is -0.121. The van der Waals surface area contributed by atoms with E-state index in [0.717, 1.165) is 17.4 Å². The molecular formula is C17H22N2O3. The Labute approximate surface area is 130 Å². The molecule has 1 heterocycles. The van der Waals surface area contributed by atoms with Crippen LogP contribution in [0.2, 0.25) is 0 Å². The molecule has 2 amide bonds. The summed E-state index contributed by atoms with van der Waals surface area (Å²) in [5.74, 6) is 0.0774. The molecule has 2 rings (SSSR count). The van der Waals surface area contributed by atoms with Crippen LogP contribution in [0.5, 0.6) is 0 Å². The van der Waals surface area contributed by atoms with Crippen molar-refractivity contribution < 1.29 is 14.4 Å². The molecule has 0 radical (unpaired) electrons. The Hall–Kier alpha value is -2.17. The van der Waals surface area contributed by atoms with Crippen LogP contribution in [0.25, 0.3) is 0 Å². The van der Waals surface area contributed by atoms with Gasteiger partial charge in [-0.15, -0.1) is 0 Å². The second-order valence-electron chi connectivity index (χ2n) is 5.88. The Morgan fingerprint density at radius 1 is 1.41 bits per heavy atom. The molecule has 1 atom stereocenters. The summed E-state index contributed by atoms with van der Waals surface area (Å²) in [6, 6.07) is 5.16. The van der Waals surface area contributed by atoms with Crippen molar-refractivity contribution in [2.75, 3.05) is 7.05 Å². The zero-order valence-corrected chi connectivity index (χ0v) is 13.3. The van der Waals surface area contributed by atoms with E-state index in [2.05, 4.69) is 19.2 Å². The maximum absolute atomic E-state index is 12.6. The normalized spacial score (nSPS) is 14.9. The van der Waals surface area contributed by atoms with Crippen LogP contribution in [0.15, 0.2) is 18.2 Å². The lowest BCUT2D eigenvalue weighted by atomic mass is 9.95. The Bertz CT molecular complexity index is 596. The molecule has 118 valence electrons. The highest BCUT2D eigenvalue weighted by atomic mass is 16.2. The van der Waals surface area contributed by atoms with E-state index in [-0.39, 0.29) is 18.2 Å². The first-order valence-corrected chi connectivity index (χ1v) is 7.58. The van der Waals surface area contributed by atoms with Crippen LogP contribution in [-0.4, -0.2) is 36.1 Å². The van der Waals surface area contributed by atoms with E-state index >= 15 is 0 Å². The lowest BCUT2D eigenvalue weighted by Crippen LogP contribution is -2.37. The molecule has 5 heteroatoms. The van der Waals surface area contributed by atoms with Gasteiger partial charge in [0.1, 0.15) is 6.29 Å². The number of aldehydes is 1. The van der Waals surface area contributed by atoms with Gasteiger partial charge in [-0.05, 0) is 29.5 Å². The van der Waals surface area contributed by atoms with Crippen molar-refractivity contribution in [1.29, 1.82) is 0 Å². The van der Waals surface area contributed by atoms with E-state index in [4.69, 9.17) is 0 Å². The van der Waals surface area contributed by atoms with Gasteiger partial charge in [0, 0.05) is 25.6 Å². The Morgan fingerprint density at radius 3 is 2.73 bits per heavy atom. The van der Waals surface area contributed by atoms with Gasteiger partial charge in [-0.2, -0.15) is 0 Å². The molecule has 0 aliphatic carbocycles. The number of nitrogens with zero attached hydrogens (tertiary/aromatic N) is 1. The van der Waals surface area contributed by atoms with Crippen LogP contribution in [0.4, 0.5) is 0 Å². The minimum atomic E-state index is -0.558. The fourth-order valence-electron chi connectivity index (χ4n) is 2.89. The molecule has 1 aromatic rings. The fourth-order valence-corrected chi connectivity index (χ4v) is 2.89. The third-order valence-corrected chi connectivity index (χ3v) is 4.16. The largest absolute Gasteiger partial charge is 0.359 e. The van der Waals surface area contributed by atoms with Crippen molar-refractivity contribution >= 4 is 18.1 Å². The summed E-state index contributed by atoms with van der Waals surface area (Å²) in [7, 11) is 1.56. The number of carbonyl (C=O) groups is 3. The van der Waals surface area contributed by atoms with Gasteiger partial charge in [0.05, 0.1) is 6.04 Å². The number of benzene rings is 1. The smallest absolute Gasteiger partial charge is 0.255 e. The van der Waals surface area contributed by atoms with E-state index < -0.39 is 6.04 Å². The highest BCUT2D eigenvalue weighted by molar-refractivity contribution is 6.00. The summed E-state index contributed by atoms with van der Waals surface area (Å²) in [6.45, 7) is 4.62. The Morgan fingerprint density at radius 2 is 2.14 bits per heavy atom. The summed E-state index contributed by atoms with van der Waals surface area (Å²) >= 11 is 0. The van der Waals surface area contributed by atoms with Gasteiger partial charge >= 0.3 is 0 Å². The summed E-state index contributed by atoms with van der Waals surface area (Å²) in [6.07, 6.45) is 1.35. The van der Waals surface area contributed by atoms with Crippen LogP contribution in [0.3, 0.4) is 0 Å². The molecule has 1 aliphatic rings. The van der Waals surface area contributed by atoms with Crippen molar-refractivity contribution in [3.8, 4) is 0 Å². The molecule has 1 aromatic carbocycles. The maximum Gasteiger partial charge on any atom is 0.255 e. The molecule has 0 spiro atoms. The van der Waals surface area contributed by atoms with Gasteiger partial charge in [0.25, 0.3) is 5.91 Å². The summed E-state index contributed by atoms with van der Waals surface area (Å²) in [4.78, 5) is 36.9. The molecule has 22 heavy (non-hydrogen) atoms. The first-order chi connectivity index (χ1) is 10.5. The van der Waals surface area contributed by atoms with Gasteiger partial charge in [0.2, 0.25) is 5.91 Å². The SMILES string of the molecule is CNC(=O)CCC(C=O)N1Cc2c(cccc2C(C)C)C1=O. The number of carbonyl (C=O) groups excluding carboxylic acids is 3. The van der Waals surface area contributed by atoms with Crippen molar-refractivity contribution in [3.63, 3.8) is 0 Å². The molecule has 1 unspecified atom stereocenters. The topological polar surface area (TPSA) is 66.5 Å². The number of rotatable bonds is 6.